The molecule has 0 unspecified atom stereocenters. The Kier molecular flexibility index (Phi) is 5.62. The molecule has 6 rings (SSSR count). The number of fused-ring (bicyclic) bond motifs is 1. The van der Waals surface area contributed by atoms with Gasteiger partial charge in [0.25, 0.3) is 0 Å². The summed E-state index contributed by atoms with van der Waals surface area (Å²) in [7, 11) is 0. The first-order chi connectivity index (χ1) is 14.8. The fourth-order valence-electron chi connectivity index (χ4n) is 6.04. The zero-order valence-corrected chi connectivity index (χ0v) is 18.1. The van der Waals surface area contributed by atoms with Gasteiger partial charge in [0, 0.05) is 28.2 Å². The van der Waals surface area contributed by atoms with Crippen LogP contribution in [0.25, 0.3) is 11.3 Å². The number of hydrogen-bond donors (Lipinski definition) is 1. The lowest BCUT2D eigenvalue weighted by Crippen LogP contribution is -2.59. The van der Waals surface area contributed by atoms with Gasteiger partial charge in [-0.2, -0.15) is 0 Å². The normalized spacial score (nSPS) is 26.6. The van der Waals surface area contributed by atoms with Crippen LogP contribution in [0, 0.1) is 5.92 Å². The highest BCUT2D eigenvalue weighted by Gasteiger charge is 2.51. The van der Waals surface area contributed by atoms with Crippen LogP contribution in [0.3, 0.4) is 0 Å². The predicted octanol–water partition coefficient (Wildman–Crippen LogP) is 6.43. The van der Waals surface area contributed by atoms with E-state index in [-0.39, 0.29) is 0 Å². The van der Waals surface area contributed by atoms with Gasteiger partial charge in [-0.1, -0.05) is 66.9 Å². The molecule has 1 aliphatic heterocycles. The van der Waals surface area contributed by atoms with E-state index >= 15 is 0 Å². The second-order valence-corrected chi connectivity index (χ2v) is 9.34. The Morgan fingerprint density at radius 3 is 2.57 bits per heavy atom. The van der Waals surface area contributed by atoms with Crippen LogP contribution in [0.1, 0.15) is 43.2 Å². The fourth-order valence-corrected chi connectivity index (χ4v) is 6.17. The van der Waals surface area contributed by atoms with Crippen molar-refractivity contribution in [1.29, 1.82) is 0 Å². The molecule has 3 aromatic rings. The van der Waals surface area contributed by atoms with E-state index in [1.54, 1.807) is 17.3 Å². The molecule has 1 saturated heterocycles. The highest BCUT2D eigenvalue weighted by Crippen LogP contribution is 2.53. The topological polar surface area (TPSA) is 24.9 Å². The molecule has 3 atom stereocenters. The van der Waals surface area contributed by atoms with Crippen molar-refractivity contribution in [2.45, 2.75) is 50.0 Å². The van der Waals surface area contributed by atoms with Crippen LogP contribution in [0.15, 0.2) is 72.9 Å². The zero-order valence-electron chi connectivity index (χ0n) is 17.4. The maximum atomic E-state index is 5.78. The minimum Gasteiger partial charge on any atom is -0.313 e. The summed E-state index contributed by atoms with van der Waals surface area (Å²) in [6, 6.07) is 23.5. The van der Waals surface area contributed by atoms with Crippen molar-refractivity contribution in [3.63, 3.8) is 0 Å². The molecule has 3 heteroatoms. The third kappa shape index (κ3) is 3.68. The van der Waals surface area contributed by atoms with Gasteiger partial charge in [0.15, 0.2) is 0 Å². The van der Waals surface area contributed by atoms with Crippen molar-refractivity contribution in [2.75, 3.05) is 6.54 Å². The van der Waals surface area contributed by atoms with Gasteiger partial charge < -0.3 is 5.32 Å². The molecule has 0 amide bonds. The zero-order chi connectivity index (χ0) is 20.4. The minimum absolute atomic E-state index is 0.545. The van der Waals surface area contributed by atoms with E-state index in [4.69, 9.17) is 11.6 Å². The number of halogens is 1. The van der Waals surface area contributed by atoms with Crippen LogP contribution in [0.5, 0.6) is 0 Å². The first-order valence-electron chi connectivity index (χ1n) is 11.2. The fraction of sp³-hybridized carbons (Fsp3) is 0.370. The summed E-state index contributed by atoms with van der Waals surface area (Å²) in [5, 5.41) is 4.54. The maximum Gasteiger partial charge on any atom is 0.0701 e. The molecule has 0 radical (unpaired) electrons. The average molecular weight is 417 g/mol. The quantitative estimate of drug-likeness (QED) is 0.494. The molecule has 1 aromatic heterocycles. The van der Waals surface area contributed by atoms with E-state index in [0.717, 1.165) is 28.2 Å². The summed E-state index contributed by atoms with van der Waals surface area (Å²) in [5.41, 5.74) is 5.94. The number of rotatable bonds is 1. The standard InChI is InChI=1S/C16H21N.C11H8ClN/c1-2-6-13-12(5-1)11-15-14-7-3-4-8-16(13,14)9-10-17-15;12-10-6-4-9(5-7-10)11-3-1-2-8-13-11/h1-2,5-6,14-15,17H,3-4,7-11H2;1-8H/t14-,15+,16-;/m0./s1. The van der Waals surface area contributed by atoms with E-state index in [0.29, 0.717) is 5.41 Å². The number of aromatic nitrogens is 1. The summed E-state index contributed by atoms with van der Waals surface area (Å²) < 4.78 is 0. The van der Waals surface area contributed by atoms with Crippen LogP contribution in [-0.2, 0) is 11.8 Å². The monoisotopic (exact) mass is 416 g/mol. The molecule has 1 N–H and O–H groups in total. The Morgan fingerprint density at radius 2 is 1.73 bits per heavy atom. The molecule has 1 saturated carbocycles. The number of nitrogens with one attached hydrogen (secondary N) is 1. The van der Waals surface area contributed by atoms with Gasteiger partial charge in [-0.05, 0) is 73.5 Å². The van der Waals surface area contributed by atoms with Crippen molar-refractivity contribution < 1.29 is 0 Å². The molecule has 30 heavy (non-hydrogen) atoms. The third-order valence-electron chi connectivity index (χ3n) is 7.36. The van der Waals surface area contributed by atoms with E-state index in [1.165, 1.54) is 45.1 Å². The Bertz CT molecular complexity index is 981. The van der Waals surface area contributed by atoms with Gasteiger partial charge in [-0.3, -0.25) is 4.98 Å². The number of benzene rings is 2. The Hall–Kier alpha value is -2.16. The van der Waals surface area contributed by atoms with E-state index in [1.807, 2.05) is 42.5 Å². The molecule has 2 bridgehead atoms. The number of pyridine rings is 1. The van der Waals surface area contributed by atoms with Gasteiger partial charge in [0.2, 0.25) is 0 Å². The van der Waals surface area contributed by atoms with Crippen LogP contribution < -0.4 is 5.32 Å². The molecule has 0 spiro atoms. The number of hydrogen-bond acceptors (Lipinski definition) is 2. The van der Waals surface area contributed by atoms with Crippen molar-refractivity contribution in [3.8, 4) is 11.3 Å². The van der Waals surface area contributed by atoms with Crippen LogP contribution >= 0.6 is 11.6 Å². The predicted molar refractivity (Wildman–Crippen MR) is 125 cm³/mol. The van der Waals surface area contributed by atoms with Gasteiger partial charge >= 0.3 is 0 Å². The summed E-state index contributed by atoms with van der Waals surface area (Å²) in [6.45, 7) is 1.23. The highest BCUT2D eigenvalue weighted by atomic mass is 35.5. The van der Waals surface area contributed by atoms with Crippen LogP contribution in [0.4, 0.5) is 0 Å². The number of piperidine rings is 1. The lowest BCUT2D eigenvalue weighted by Gasteiger charge is -2.56. The molecule has 2 aliphatic carbocycles. The van der Waals surface area contributed by atoms with Gasteiger partial charge in [-0.15, -0.1) is 0 Å². The first kappa shape index (κ1) is 19.8. The molecule has 154 valence electrons. The lowest BCUT2D eigenvalue weighted by atomic mass is 9.53. The second-order valence-electron chi connectivity index (χ2n) is 8.90. The summed E-state index contributed by atoms with van der Waals surface area (Å²) in [6.07, 6.45) is 10.2. The number of nitrogens with zero attached hydrogens (tertiary/aromatic N) is 1. The first-order valence-corrected chi connectivity index (χ1v) is 11.6. The van der Waals surface area contributed by atoms with E-state index in [9.17, 15) is 0 Å². The highest BCUT2D eigenvalue weighted by molar-refractivity contribution is 6.30. The van der Waals surface area contributed by atoms with Gasteiger partial charge in [0.1, 0.15) is 0 Å². The molecule has 3 aliphatic rings. The average Bonchev–Trinajstić information content (AvgIpc) is 2.81. The van der Waals surface area contributed by atoms with E-state index < -0.39 is 0 Å². The summed E-state index contributed by atoms with van der Waals surface area (Å²) in [5.74, 6) is 0.917. The molecular formula is C27H29ClN2. The van der Waals surface area contributed by atoms with Crippen molar-refractivity contribution in [1.82, 2.24) is 10.3 Å². The van der Waals surface area contributed by atoms with E-state index in [2.05, 4.69) is 34.6 Å². The Balaban J connectivity index is 0.000000134. The molecule has 2 heterocycles. The maximum absolute atomic E-state index is 5.78. The molecule has 2 nitrogen and oxygen atoms in total. The summed E-state index contributed by atoms with van der Waals surface area (Å²) in [4.78, 5) is 4.24. The van der Waals surface area contributed by atoms with Crippen LogP contribution in [-0.4, -0.2) is 17.6 Å². The second kappa shape index (κ2) is 8.53. The van der Waals surface area contributed by atoms with Crippen molar-refractivity contribution in [3.05, 3.63) is 89.1 Å². The SMILES string of the molecule is Clc1ccc(-c2ccccn2)cc1.c1ccc2c(c1)C[C@H]1NCC[C@@]23CCCC[C@@H]13. The molecule has 2 aromatic carbocycles. The third-order valence-corrected chi connectivity index (χ3v) is 7.61. The van der Waals surface area contributed by atoms with Crippen molar-refractivity contribution >= 4 is 11.6 Å². The summed E-state index contributed by atoms with van der Waals surface area (Å²) >= 11 is 5.78. The Labute approximate surface area is 184 Å². The Morgan fingerprint density at radius 1 is 0.900 bits per heavy atom. The van der Waals surface area contributed by atoms with Gasteiger partial charge in [-0.25, -0.2) is 0 Å². The van der Waals surface area contributed by atoms with Crippen molar-refractivity contribution in [2.24, 2.45) is 5.92 Å². The van der Waals surface area contributed by atoms with Gasteiger partial charge in [0.05, 0.1) is 5.69 Å². The molecular weight excluding hydrogens is 388 g/mol. The lowest BCUT2D eigenvalue weighted by molar-refractivity contribution is 0.0798. The minimum atomic E-state index is 0.545. The molecule has 2 fully saturated rings. The van der Waals surface area contributed by atoms with Crippen LogP contribution in [0.2, 0.25) is 5.02 Å². The largest absolute Gasteiger partial charge is 0.313 e. The smallest absolute Gasteiger partial charge is 0.0701 e.